The van der Waals surface area contributed by atoms with Gasteiger partial charge in [0, 0.05) is 51.7 Å². The van der Waals surface area contributed by atoms with Crippen LogP contribution in [-0.4, -0.2) is 74.6 Å². The predicted octanol–water partition coefficient (Wildman–Crippen LogP) is -0.938. The van der Waals surface area contributed by atoms with Crippen LogP contribution in [0.1, 0.15) is 48.5 Å². The molecule has 1 aliphatic heterocycles. The van der Waals surface area contributed by atoms with Gasteiger partial charge >= 0.3 is 0 Å². The number of unbranched alkanes of at least 4 members (excludes halogenated alkanes) is 1. The molecule has 210 valence electrons. The second-order valence-corrected chi connectivity index (χ2v) is 8.76. The van der Waals surface area contributed by atoms with E-state index in [2.05, 4.69) is 26.6 Å². The van der Waals surface area contributed by atoms with E-state index in [1.807, 2.05) is 0 Å². The molecule has 39 heavy (non-hydrogen) atoms. The van der Waals surface area contributed by atoms with Gasteiger partial charge < -0.3 is 26.6 Å². The van der Waals surface area contributed by atoms with E-state index in [-0.39, 0.29) is 41.8 Å². The van der Waals surface area contributed by atoms with Gasteiger partial charge in [-0.05, 0) is 49.4 Å². The van der Waals surface area contributed by atoms with Crippen LogP contribution in [0.3, 0.4) is 0 Å². The molecule has 0 bridgehead atoms. The van der Waals surface area contributed by atoms with E-state index >= 15 is 0 Å². The van der Waals surface area contributed by atoms with Crippen LogP contribution < -0.4 is 31.5 Å². The van der Waals surface area contributed by atoms with Crippen molar-refractivity contribution in [2.24, 2.45) is 0 Å². The van der Waals surface area contributed by atoms with E-state index in [9.17, 15) is 33.6 Å². The van der Waals surface area contributed by atoms with Gasteiger partial charge in [0.05, 0.1) is 12.2 Å². The lowest BCUT2D eigenvalue weighted by molar-refractivity contribution is -0.128. The third-order valence-electron chi connectivity index (χ3n) is 5.90. The van der Waals surface area contributed by atoms with Gasteiger partial charge in [-0.15, -0.1) is 0 Å². The highest BCUT2D eigenvalue weighted by molar-refractivity contribution is 6.28. The zero-order chi connectivity index (χ0) is 28.9. The molecule has 1 aliphatic rings. The van der Waals surface area contributed by atoms with Gasteiger partial charge in [0.15, 0.2) is 0 Å². The summed E-state index contributed by atoms with van der Waals surface area (Å²) in [6.45, 7) is 1.45. The number of carbonyl (C=O) groups is 7. The summed E-state index contributed by atoms with van der Waals surface area (Å²) >= 11 is 0. The molecule has 1 aromatic rings. The molecule has 13 heteroatoms. The van der Waals surface area contributed by atoms with Crippen LogP contribution in [0.2, 0.25) is 0 Å². The summed E-state index contributed by atoms with van der Waals surface area (Å²) in [5.41, 5.74) is 0.829. The molecule has 1 atom stereocenters. The average Bonchev–Trinajstić information content (AvgIpc) is 3.25. The number of hydrogen-bond donors (Lipinski definition) is 5. The van der Waals surface area contributed by atoms with Gasteiger partial charge in [-0.2, -0.15) is 0 Å². The summed E-state index contributed by atoms with van der Waals surface area (Å²) in [4.78, 5) is 85.5. The van der Waals surface area contributed by atoms with E-state index in [4.69, 9.17) is 0 Å². The quantitative estimate of drug-likeness (QED) is 0.148. The highest BCUT2D eigenvalue weighted by Crippen LogP contribution is 2.24. The number of anilines is 1. The minimum atomic E-state index is -0.816. The van der Waals surface area contributed by atoms with Crippen molar-refractivity contribution in [1.82, 2.24) is 26.6 Å². The Labute approximate surface area is 226 Å². The summed E-state index contributed by atoms with van der Waals surface area (Å²) < 4.78 is 0. The first-order valence-corrected chi connectivity index (χ1v) is 12.5. The Balaban J connectivity index is 2.06. The van der Waals surface area contributed by atoms with Crippen molar-refractivity contribution in [3.63, 3.8) is 0 Å². The summed E-state index contributed by atoms with van der Waals surface area (Å²) in [6.07, 6.45) is 4.01. The van der Waals surface area contributed by atoms with Crippen LogP contribution >= 0.6 is 0 Å². The second-order valence-electron chi connectivity index (χ2n) is 8.76. The number of likely N-dealkylation sites (N-methyl/N-ethyl adjacent to an activating group) is 1. The lowest BCUT2D eigenvalue weighted by Gasteiger charge is -2.19. The number of aryl methyl sites for hydroxylation is 1. The maximum absolute atomic E-state index is 13.0. The van der Waals surface area contributed by atoms with Gasteiger partial charge in [-0.1, -0.05) is 0 Å². The van der Waals surface area contributed by atoms with E-state index < -0.39 is 36.2 Å². The zero-order valence-corrected chi connectivity index (χ0v) is 22.2. The van der Waals surface area contributed by atoms with Crippen LogP contribution in [0.25, 0.3) is 0 Å². The van der Waals surface area contributed by atoms with Crippen LogP contribution in [0, 0.1) is 0 Å². The molecular weight excluding hydrogens is 508 g/mol. The van der Waals surface area contributed by atoms with Crippen LogP contribution in [0.4, 0.5) is 5.69 Å². The first-order chi connectivity index (χ1) is 18.6. The van der Waals surface area contributed by atoms with Crippen LogP contribution in [-0.2, 0) is 35.2 Å². The van der Waals surface area contributed by atoms with Gasteiger partial charge in [0.25, 0.3) is 17.7 Å². The number of carbonyl (C=O) groups excluding carboxylic acids is 7. The average molecular weight is 543 g/mol. The summed E-state index contributed by atoms with van der Waals surface area (Å²) in [6, 6.07) is 3.53. The molecule has 0 saturated heterocycles. The molecule has 1 aromatic carbocycles. The first kappa shape index (κ1) is 30.7. The third-order valence-corrected chi connectivity index (χ3v) is 5.90. The molecule has 5 N–H and O–H groups in total. The Morgan fingerprint density at radius 3 is 2.21 bits per heavy atom. The fraction of sp³-hybridized carbons (Fsp3) is 0.423. The Kier molecular flexibility index (Phi) is 11.8. The third kappa shape index (κ3) is 9.36. The van der Waals surface area contributed by atoms with Crippen molar-refractivity contribution in [3.8, 4) is 0 Å². The molecule has 7 amide bonds. The number of hydrogen-bond acceptors (Lipinski definition) is 7. The van der Waals surface area contributed by atoms with Crippen molar-refractivity contribution in [1.29, 1.82) is 0 Å². The molecule has 13 nitrogen and oxygen atoms in total. The Morgan fingerprint density at radius 2 is 1.59 bits per heavy atom. The zero-order valence-electron chi connectivity index (χ0n) is 22.2. The van der Waals surface area contributed by atoms with Crippen molar-refractivity contribution >= 4 is 47.0 Å². The van der Waals surface area contributed by atoms with Crippen molar-refractivity contribution in [2.45, 2.75) is 45.1 Å². The topological polar surface area (TPSA) is 183 Å². The lowest BCUT2D eigenvalue weighted by atomic mass is 10.0. The van der Waals surface area contributed by atoms with Crippen molar-refractivity contribution in [3.05, 3.63) is 41.5 Å². The largest absolute Gasteiger partial charge is 0.359 e. The first-order valence-electron chi connectivity index (χ1n) is 12.5. The minimum absolute atomic E-state index is 0.0522. The number of amides is 7. The van der Waals surface area contributed by atoms with Gasteiger partial charge in [-0.3, -0.25) is 33.6 Å². The molecule has 1 heterocycles. The smallest absolute Gasteiger partial charge is 0.258 e. The van der Waals surface area contributed by atoms with Crippen molar-refractivity contribution < 1.29 is 33.6 Å². The summed E-state index contributed by atoms with van der Waals surface area (Å²) in [5, 5.41) is 12.8. The van der Waals surface area contributed by atoms with Gasteiger partial charge in [0.1, 0.15) is 6.04 Å². The minimum Gasteiger partial charge on any atom is -0.359 e. The van der Waals surface area contributed by atoms with Crippen LogP contribution in [0.15, 0.2) is 30.4 Å². The van der Waals surface area contributed by atoms with Gasteiger partial charge in [-0.25, -0.2) is 4.90 Å². The Morgan fingerprint density at radius 1 is 0.897 bits per heavy atom. The standard InChI is InChI=1S/C26H34N6O7/c1-16(33)29-13-5-4-6-20(26(39)28-3)31-22(35)15-30-25(38)19-9-8-18(32-23(36)11-12-24(32)37)14-17(19)7-10-21(34)27-2/h8-9,11-12,14,20H,4-7,10,13,15H2,1-3H3,(H,27,34)(H,28,39)(H,29,33)(H,30,38)(H,31,35). The number of benzene rings is 1. The van der Waals surface area contributed by atoms with Crippen molar-refractivity contribution in [2.75, 3.05) is 32.1 Å². The maximum atomic E-state index is 13.0. The van der Waals surface area contributed by atoms with E-state index in [0.717, 1.165) is 17.1 Å². The van der Waals surface area contributed by atoms with Gasteiger partial charge in [0.2, 0.25) is 23.6 Å². The van der Waals surface area contributed by atoms with Crippen LogP contribution in [0.5, 0.6) is 0 Å². The molecule has 0 aromatic heterocycles. The molecule has 0 saturated carbocycles. The van der Waals surface area contributed by atoms with E-state index in [0.29, 0.717) is 31.4 Å². The number of nitrogens with one attached hydrogen (secondary N) is 5. The normalized spacial score (nSPS) is 13.1. The molecule has 1 unspecified atom stereocenters. The Hall–Kier alpha value is -4.55. The highest BCUT2D eigenvalue weighted by atomic mass is 16.2. The SMILES string of the molecule is CNC(=O)CCc1cc(N2C(=O)C=CC2=O)ccc1C(=O)NCC(=O)NC(CCCCNC(C)=O)C(=O)NC. The number of rotatable bonds is 14. The second kappa shape index (κ2) is 15.0. The molecule has 0 radical (unpaired) electrons. The maximum Gasteiger partial charge on any atom is 0.258 e. The molecular formula is C26H34N6O7. The van der Waals surface area contributed by atoms with E-state index in [1.54, 1.807) is 0 Å². The fourth-order valence-corrected chi connectivity index (χ4v) is 3.86. The van der Waals surface area contributed by atoms with E-state index in [1.165, 1.54) is 39.2 Å². The lowest BCUT2D eigenvalue weighted by Crippen LogP contribution is -2.48. The molecule has 0 fully saturated rings. The summed E-state index contributed by atoms with van der Waals surface area (Å²) in [7, 11) is 2.93. The molecule has 2 rings (SSSR count). The fourth-order valence-electron chi connectivity index (χ4n) is 3.86. The predicted molar refractivity (Wildman–Crippen MR) is 141 cm³/mol. The molecule has 0 spiro atoms. The summed E-state index contributed by atoms with van der Waals surface area (Å²) in [5.74, 6) is -3.03. The Bertz CT molecular complexity index is 1150. The number of imide groups is 1. The molecule has 0 aliphatic carbocycles. The highest BCUT2D eigenvalue weighted by Gasteiger charge is 2.26. The monoisotopic (exact) mass is 542 g/mol. The number of nitrogens with zero attached hydrogens (tertiary/aromatic N) is 1.